The zero-order valence-corrected chi connectivity index (χ0v) is 5.39. The van der Waals surface area contributed by atoms with Crippen molar-refractivity contribution in [3.63, 3.8) is 0 Å². The molecule has 0 aliphatic heterocycles. The van der Waals surface area contributed by atoms with Crippen molar-refractivity contribution >= 4 is 9.19 Å². The van der Waals surface area contributed by atoms with E-state index in [-0.39, 0.29) is 0 Å². The van der Waals surface area contributed by atoms with Crippen molar-refractivity contribution in [1.82, 2.24) is 0 Å². The SMILES string of the molecule is [Cl][Ag].[O]=[Ti]. The third kappa shape index (κ3) is 9.62. The predicted octanol–water partition coefficient (Wildman–Crippen LogP) is 0.566. The summed E-state index contributed by atoms with van der Waals surface area (Å²) in [5.41, 5.74) is 0. The molecule has 28 valence electrons. The Hall–Kier alpha value is 1.54. The van der Waals surface area contributed by atoms with Crippen molar-refractivity contribution in [1.29, 1.82) is 0 Å². The molecule has 0 amide bonds. The fourth-order valence-corrected chi connectivity index (χ4v) is 0. The number of hydrogen-bond acceptors (Lipinski definition) is 1. The summed E-state index contributed by atoms with van der Waals surface area (Å²) >= 11 is 3.17. The van der Waals surface area contributed by atoms with Crippen molar-refractivity contribution in [2.75, 3.05) is 0 Å². The van der Waals surface area contributed by atoms with E-state index in [0.29, 0.717) is 0 Å². The van der Waals surface area contributed by atoms with E-state index in [9.17, 15) is 0 Å². The van der Waals surface area contributed by atoms with Crippen molar-refractivity contribution in [3.8, 4) is 0 Å². The average molecular weight is 207 g/mol. The van der Waals surface area contributed by atoms with E-state index in [2.05, 4.69) is 29.2 Å². The Morgan fingerprint density at radius 1 is 1.50 bits per heavy atom. The summed E-state index contributed by atoms with van der Waals surface area (Å²) in [5, 5.41) is 0. The first-order valence-electron chi connectivity index (χ1n) is 0.318. The predicted molar refractivity (Wildman–Crippen MR) is 6.54 cm³/mol. The van der Waals surface area contributed by atoms with Crippen LogP contribution in [0.2, 0.25) is 0 Å². The van der Waals surface area contributed by atoms with Crippen molar-refractivity contribution in [2.24, 2.45) is 0 Å². The molecule has 0 fully saturated rings. The van der Waals surface area contributed by atoms with E-state index in [0.717, 1.165) is 20.4 Å². The van der Waals surface area contributed by atoms with Crippen molar-refractivity contribution in [2.45, 2.75) is 0 Å². The molecule has 0 heterocycles. The Morgan fingerprint density at radius 3 is 1.50 bits per heavy atom. The molecule has 0 spiro atoms. The number of rotatable bonds is 0. The van der Waals surface area contributed by atoms with Crippen LogP contribution in [-0.4, -0.2) is 0 Å². The molecule has 0 aliphatic rings. The third-order valence-electron chi connectivity index (χ3n) is 0. The summed E-state index contributed by atoms with van der Waals surface area (Å²) in [6, 6.07) is 0. The van der Waals surface area contributed by atoms with Gasteiger partial charge in [0, 0.05) is 0 Å². The number of hydrogen-bond donors (Lipinski definition) is 0. The molecule has 0 aromatic rings. The van der Waals surface area contributed by atoms with Crippen molar-refractivity contribution in [3.05, 3.63) is 0 Å². The van der Waals surface area contributed by atoms with E-state index in [1.54, 1.807) is 0 Å². The van der Waals surface area contributed by atoms with Gasteiger partial charge in [0.2, 0.25) is 0 Å². The first-order valence-corrected chi connectivity index (χ1v) is 2.86. The van der Waals surface area contributed by atoms with Crippen LogP contribution in [0, 0.1) is 0 Å². The molecule has 0 aromatic heterocycles. The molecule has 1 nitrogen and oxygen atoms in total. The Bertz CT molecular complexity index is 8.00. The van der Waals surface area contributed by atoms with Crippen molar-refractivity contribution < 1.29 is 43.7 Å². The zero-order chi connectivity index (χ0) is 4.00. The van der Waals surface area contributed by atoms with Gasteiger partial charge in [-0.3, -0.25) is 0 Å². The molecular weight excluding hydrogens is 207 g/mol. The van der Waals surface area contributed by atoms with Crippen LogP contribution in [0.3, 0.4) is 0 Å². The summed E-state index contributed by atoms with van der Waals surface area (Å²) in [6.45, 7) is 0. The van der Waals surface area contributed by atoms with Crippen LogP contribution in [0.5, 0.6) is 0 Å². The third-order valence-corrected chi connectivity index (χ3v) is 0. The molecule has 0 saturated heterocycles. The van der Waals surface area contributed by atoms with Gasteiger partial charge in [-0.2, -0.15) is 0 Å². The van der Waals surface area contributed by atoms with Crippen LogP contribution >= 0.6 is 9.19 Å². The molecule has 4 heavy (non-hydrogen) atoms. The molecule has 0 N–H and O–H groups in total. The maximum atomic E-state index is 8.25. The van der Waals surface area contributed by atoms with E-state index < -0.39 is 0 Å². The van der Waals surface area contributed by atoms with Gasteiger partial charge < -0.3 is 0 Å². The van der Waals surface area contributed by atoms with Crippen LogP contribution in [-0.2, 0) is 43.7 Å². The Morgan fingerprint density at radius 2 is 1.50 bits per heavy atom. The molecule has 0 unspecified atom stereocenters. The monoisotopic (exact) mass is 206 g/mol. The second kappa shape index (κ2) is 23.9. The molecule has 0 aliphatic carbocycles. The van der Waals surface area contributed by atoms with Gasteiger partial charge in [0.15, 0.2) is 0 Å². The summed E-state index contributed by atoms with van der Waals surface area (Å²) in [4.78, 5) is 0. The zero-order valence-electron chi connectivity index (χ0n) is 1.59. The molecule has 0 aromatic carbocycles. The molecular formula is AgClOTi. The maximum absolute atomic E-state index is 8.25. The molecule has 0 rings (SSSR count). The minimum atomic E-state index is 0.750. The fraction of sp³-hybridized carbons (Fsp3) is 0. The Kier molecular flexibility index (Phi) is 54.5. The van der Waals surface area contributed by atoms with Crippen LogP contribution in [0.4, 0.5) is 0 Å². The van der Waals surface area contributed by atoms with Gasteiger partial charge in [0.05, 0.1) is 0 Å². The summed E-state index contributed by atoms with van der Waals surface area (Å²) < 4.78 is 8.25. The topological polar surface area (TPSA) is 17.1 Å². The normalized spacial score (nSPS) is 2.50. The molecule has 0 saturated carbocycles. The summed E-state index contributed by atoms with van der Waals surface area (Å²) in [7, 11) is 4.45. The molecule has 0 bridgehead atoms. The van der Waals surface area contributed by atoms with Crippen LogP contribution < -0.4 is 0 Å². The van der Waals surface area contributed by atoms with Gasteiger partial charge >= 0.3 is 52.9 Å². The molecule has 0 atom stereocenters. The van der Waals surface area contributed by atoms with Crippen LogP contribution in [0.15, 0.2) is 0 Å². The summed E-state index contributed by atoms with van der Waals surface area (Å²) in [6.07, 6.45) is 0. The fourth-order valence-electron chi connectivity index (χ4n) is 0. The second-order valence-electron chi connectivity index (χ2n) is 0. The van der Waals surface area contributed by atoms with E-state index in [4.69, 9.17) is 3.32 Å². The van der Waals surface area contributed by atoms with Gasteiger partial charge in [0.1, 0.15) is 0 Å². The first kappa shape index (κ1) is 9.11. The average Bonchev–Trinajstić information content (AvgIpc) is 1.50. The van der Waals surface area contributed by atoms with Gasteiger partial charge in [-0.25, -0.2) is 0 Å². The minimum absolute atomic E-state index is 0.750. The van der Waals surface area contributed by atoms with Crippen LogP contribution in [0.1, 0.15) is 0 Å². The second-order valence-corrected chi connectivity index (χ2v) is 0. The van der Waals surface area contributed by atoms with Gasteiger partial charge in [-0.15, -0.1) is 0 Å². The van der Waals surface area contributed by atoms with E-state index in [1.807, 2.05) is 0 Å². The molecule has 0 radical (unpaired) electrons. The first-order chi connectivity index (χ1) is 2.00. The Balaban J connectivity index is 0. The van der Waals surface area contributed by atoms with Crippen LogP contribution in [0.25, 0.3) is 0 Å². The Labute approximate surface area is 52.6 Å². The van der Waals surface area contributed by atoms with Gasteiger partial charge in [0.25, 0.3) is 0 Å². The molecule has 4 heteroatoms. The van der Waals surface area contributed by atoms with Gasteiger partial charge in [-0.05, 0) is 0 Å². The van der Waals surface area contributed by atoms with Gasteiger partial charge in [-0.1, -0.05) is 0 Å². The van der Waals surface area contributed by atoms with E-state index >= 15 is 0 Å². The number of halogens is 1. The summed E-state index contributed by atoms with van der Waals surface area (Å²) in [5.74, 6) is 0. The standard InChI is InChI=1S/Ag.ClH.O.Ti/h;1H;;/q+1;;;/p-1. The quantitative estimate of drug-likeness (QED) is 0.531. The van der Waals surface area contributed by atoms with E-state index in [1.165, 1.54) is 0 Å².